The van der Waals surface area contributed by atoms with Crippen LogP contribution >= 0.6 is 68.8 Å². The fourth-order valence-electron chi connectivity index (χ4n) is 17.5. The van der Waals surface area contributed by atoms with Crippen LogP contribution in [0, 0.1) is 5.82 Å². The third-order valence-corrected chi connectivity index (χ3v) is 33.5. The summed E-state index contributed by atoms with van der Waals surface area (Å²) >= 11 is 22.4. The van der Waals surface area contributed by atoms with Crippen LogP contribution < -0.4 is 48.3 Å². The van der Waals surface area contributed by atoms with Gasteiger partial charge in [-0.2, -0.15) is 13.2 Å². The van der Waals surface area contributed by atoms with Gasteiger partial charge in [0.1, 0.15) is 29.4 Å². The number of hydrogen-bond acceptors (Lipinski definition) is 24. The Kier molecular flexibility index (Phi) is 30.7. The molecule has 0 aliphatic carbocycles. The van der Waals surface area contributed by atoms with E-state index < -0.39 is 63.8 Å². The van der Waals surface area contributed by atoms with Gasteiger partial charge in [0.2, 0.25) is 17.7 Å². The number of thiazole rings is 3. The number of halogens is 7. The van der Waals surface area contributed by atoms with E-state index in [1.165, 1.54) is 82.4 Å². The van der Waals surface area contributed by atoms with E-state index in [2.05, 4.69) is 92.5 Å². The van der Waals surface area contributed by atoms with Crippen LogP contribution in [-0.4, -0.2) is 201 Å². The molecule has 0 saturated carbocycles. The number of para-hydroxylation sites is 1. The number of fused-ring (bicyclic) bond motifs is 2. The number of likely N-dealkylation sites (tertiary alicyclic amines) is 1. The van der Waals surface area contributed by atoms with Crippen LogP contribution in [0.3, 0.4) is 0 Å². The van der Waals surface area contributed by atoms with Crippen molar-refractivity contribution >= 4 is 193 Å². The first-order valence-electron chi connectivity index (χ1n) is 43.9. The Morgan fingerprint density at radius 3 is 1.52 bits per heavy atom. The van der Waals surface area contributed by atoms with Crippen molar-refractivity contribution in [3.63, 3.8) is 0 Å². The van der Waals surface area contributed by atoms with Gasteiger partial charge in [-0.25, -0.2) is 58.0 Å². The number of amides is 3. The highest BCUT2D eigenvalue weighted by Gasteiger charge is 2.41. The number of carbonyl (C=O) groups excluding carboxylic acids is 3. The first-order chi connectivity index (χ1) is 65.7. The Labute approximate surface area is 828 Å². The molecule has 29 nitrogen and oxygen atoms in total. The molecule has 11 heterocycles. The molecule has 6 aliphatic heterocycles. The quantitative estimate of drug-likeness (QED) is 0.0432. The average molecular weight is 2070 g/mol. The topological polar surface area (TPSA) is 322 Å². The molecule has 43 heteroatoms. The monoisotopic (exact) mass is 2070 g/mol. The molecule has 5 saturated heterocycles. The maximum atomic E-state index is 14.1. The van der Waals surface area contributed by atoms with Crippen LogP contribution in [0.5, 0.6) is 0 Å². The van der Waals surface area contributed by atoms with Crippen molar-refractivity contribution in [1.29, 1.82) is 0 Å². The summed E-state index contributed by atoms with van der Waals surface area (Å²) in [5.74, 6) is -0.685. The number of rotatable bonds is 23. The Hall–Kier alpha value is -11.7. The Morgan fingerprint density at radius 2 is 0.978 bits per heavy atom. The standard InChI is InChI=1S/C28H29ClF3N5O3S.C24H23FN4O3S2.C23H23Cl2N5O3S2.C19H20N4O2S2.7H2/c1-19(37-13-3-4-20-18-21(29)7-12-24(20)37)27(38)36-16-14-35(15-17-36)22-8-10-23(11-9-22)41(39,40)34-26-6-2-5-25(33-26)28(30,31)32;1-16(28-14-11-19-20(25)4-2-5-22(19)28)23(30)29-13-3-6-21(29)17-7-9-18(10-8-17)34(31,32)27-24-26-12-15-33-24;24-18-2-1-3-19(21(18)25)28-11-13-29(14-12-28)20-8-10-30(22(20)31)16-4-6-17(7-5-16)35(32,33)27-23-26-9-15-34-23;24-27(25,21-19-20-10-15-26-19)18-8-6-17(7-9-18)23-13-11-22(12-14-23)16-4-2-1-3-5-16;;;;;;;/h2,5-12,18-19H,3-4,13-17H2,1H3,(H,33,34);2,4-5,7-12,14-16,21H,3,6,13H2,1H3,(H,26,27);1-7,9,15,20H,8,10-14H2,(H,26,27);1-10,15H,11-14H2,(H,20,21);7*1H/t19-;16-,21?;20-;;;;;;;;/m100......../s1. The van der Waals surface area contributed by atoms with Crippen molar-refractivity contribution in [1.82, 2.24) is 39.2 Å². The number of piperazine rings is 3. The first-order valence-corrected chi connectivity index (χ1v) is 53.6. The zero-order chi connectivity index (χ0) is 96.5. The number of aromatic nitrogens is 5. The van der Waals surface area contributed by atoms with Gasteiger partial charge in [0.25, 0.3) is 40.1 Å². The van der Waals surface area contributed by atoms with Crippen molar-refractivity contribution in [2.45, 2.75) is 95.9 Å². The molecule has 13 aromatic rings. The molecule has 19 rings (SSSR count). The van der Waals surface area contributed by atoms with E-state index in [4.69, 9.17) is 34.8 Å². The molecule has 3 amide bonds. The lowest BCUT2D eigenvalue weighted by Gasteiger charge is -2.41. The molecule has 1 unspecified atom stereocenters. The number of sulfonamides is 4. The van der Waals surface area contributed by atoms with E-state index in [0.717, 1.165) is 143 Å². The van der Waals surface area contributed by atoms with Gasteiger partial charge in [-0.15, -0.1) is 34.0 Å². The Balaban J connectivity index is 0.000000212. The average Bonchev–Trinajstić information content (AvgIpc) is 1.43. The zero-order valence-corrected chi connectivity index (χ0v) is 81.9. The number of nitrogens with one attached hydrogen (secondary N) is 4. The highest BCUT2D eigenvalue weighted by atomic mass is 35.5. The van der Waals surface area contributed by atoms with Crippen molar-refractivity contribution in [3.8, 4) is 0 Å². The maximum Gasteiger partial charge on any atom is 0.433 e. The van der Waals surface area contributed by atoms with E-state index in [9.17, 15) is 65.6 Å². The van der Waals surface area contributed by atoms with E-state index in [-0.39, 0.29) is 71.2 Å². The summed E-state index contributed by atoms with van der Waals surface area (Å²) in [4.78, 5) is 74.4. The van der Waals surface area contributed by atoms with Crippen molar-refractivity contribution in [2.24, 2.45) is 0 Å². The number of carbonyl (C=O) groups is 3. The fraction of sp³-hybridized carbons (Fsp3) is 0.287. The second-order valence-electron chi connectivity index (χ2n) is 32.9. The minimum Gasteiger partial charge on any atom is -0.368 e. The second-order valence-corrected chi connectivity index (χ2v) is 43.5. The minimum absolute atomic E-state index is 0. The third-order valence-electron chi connectivity index (χ3n) is 24.5. The van der Waals surface area contributed by atoms with Gasteiger partial charge in [-0.1, -0.05) is 83.3 Å². The van der Waals surface area contributed by atoms with Crippen molar-refractivity contribution in [3.05, 3.63) is 285 Å². The van der Waals surface area contributed by atoms with Gasteiger partial charge >= 0.3 is 6.18 Å². The molecule has 5 fully saturated rings. The normalized spacial score (nSPS) is 17.2. The van der Waals surface area contributed by atoms with E-state index in [0.29, 0.717) is 86.3 Å². The van der Waals surface area contributed by atoms with Gasteiger partial charge in [0, 0.05) is 188 Å². The predicted octanol–water partition coefficient (Wildman–Crippen LogP) is 19.2. The first kappa shape index (κ1) is 98.4. The third kappa shape index (κ3) is 23.3. The fourth-order valence-corrected chi connectivity index (χ4v) is 24.5. The summed E-state index contributed by atoms with van der Waals surface area (Å²) in [5.41, 5.74) is 7.24. The Morgan fingerprint density at radius 1 is 0.474 bits per heavy atom. The van der Waals surface area contributed by atoms with Crippen LogP contribution in [-0.2, 0) is 67.1 Å². The summed E-state index contributed by atoms with van der Waals surface area (Å²) in [6, 6.07) is 56.3. The van der Waals surface area contributed by atoms with Crippen LogP contribution in [0.4, 0.5) is 72.9 Å². The van der Waals surface area contributed by atoms with Crippen LogP contribution in [0.25, 0.3) is 10.9 Å². The van der Waals surface area contributed by atoms with Crippen LogP contribution in [0.15, 0.2) is 267 Å². The van der Waals surface area contributed by atoms with Gasteiger partial charge in [0.15, 0.2) is 15.4 Å². The lowest BCUT2D eigenvalue weighted by atomic mass is 10.00. The predicted molar refractivity (Wildman–Crippen MR) is 547 cm³/mol. The smallest absolute Gasteiger partial charge is 0.368 e. The second kappa shape index (κ2) is 42.7. The highest BCUT2D eigenvalue weighted by molar-refractivity contribution is 7.93. The van der Waals surface area contributed by atoms with E-state index in [1.54, 1.807) is 117 Å². The van der Waals surface area contributed by atoms with Crippen LogP contribution in [0.1, 0.15) is 78.4 Å². The molecule has 0 spiro atoms. The molecule has 0 radical (unpaired) electrons. The number of alkyl halides is 3. The van der Waals surface area contributed by atoms with Crippen molar-refractivity contribution < 1.29 is 75.6 Å². The van der Waals surface area contributed by atoms with Crippen molar-refractivity contribution in [2.75, 3.05) is 146 Å². The largest absolute Gasteiger partial charge is 0.433 e. The SMILES string of the molecule is C[C@@H](C(=O)N1CCCC1c1ccc(S(=O)(=O)Nc2nccs2)cc1)n1ccc2c(F)cccc21.C[C@H](C(=O)N1CCN(c2ccc(S(=O)(=O)Nc3cccc(C(F)(F)F)n3)cc2)CC1)N1CCCc2cc(Cl)ccc21.O=C1[C@@H](N2CCN(c3cccc(Cl)c3Cl)CC2)CCN1c1ccc(S(=O)(=O)Nc2nccs2)cc1.O=S(=O)(Nc1nccs1)c1ccc(N2CCN(c3ccccc3)CC2)cc1.[HH].[HH].[HH].[HH].[HH].[HH].[HH]. The summed E-state index contributed by atoms with van der Waals surface area (Å²) in [6.07, 6.45) is 5.96. The summed E-state index contributed by atoms with van der Waals surface area (Å²) < 4.78 is 165. The number of nitrogens with zero attached hydrogens (tertiary/aromatic N) is 14. The number of pyridine rings is 1. The molecule has 4 atom stereocenters. The van der Waals surface area contributed by atoms with Gasteiger partial charge < -0.3 is 43.8 Å². The maximum absolute atomic E-state index is 14.1. The molecule has 0 bridgehead atoms. The lowest BCUT2D eigenvalue weighted by Crippen LogP contribution is -2.55. The number of aryl methyl sites for hydroxylation is 1. The molecule has 5 aromatic heterocycles. The molecule has 732 valence electrons. The number of anilines is 10. The number of benzene rings is 8. The minimum atomic E-state index is -4.69. The van der Waals surface area contributed by atoms with E-state index >= 15 is 0 Å². The van der Waals surface area contributed by atoms with Gasteiger partial charge in [-0.05, 0) is 215 Å². The molecular formula is C94H109Cl3F4N18O11S7. The highest BCUT2D eigenvalue weighted by Crippen LogP contribution is 2.40. The summed E-state index contributed by atoms with van der Waals surface area (Å²) in [5, 5.41) is 8.38. The summed E-state index contributed by atoms with van der Waals surface area (Å²) in [7, 11) is -15.2. The molecule has 8 aromatic carbocycles. The van der Waals surface area contributed by atoms with E-state index in [1.807, 2.05) is 78.2 Å². The molecular weight excluding hydrogens is 1960 g/mol. The van der Waals surface area contributed by atoms with Crippen LogP contribution in [0.2, 0.25) is 15.1 Å². The van der Waals surface area contributed by atoms with Gasteiger partial charge in [0.05, 0.1) is 52.9 Å². The molecule has 6 aliphatic rings. The molecule has 137 heavy (non-hydrogen) atoms. The van der Waals surface area contributed by atoms with Gasteiger partial charge in [-0.3, -0.25) is 38.2 Å². The molecule has 4 N–H and O–H groups in total. The lowest BCUT2D eigenvalue weighted by molar-refractivity contribution is -0.141. The zero-order valence-electron chi connectivity index (χ0n) is 73.9. The summed E-state index contributed by atoms with van der Waals surface area (Å²) in [6.45, 7) is 14.6. The number of hydrogen-bond donors (Lipinski definition) is 4. The Bertz CT molecular complexity index is 6920.